The van der Waals surface area contributed by atoms with Crippen molar-refractivity contribution < 1.29 is 0 Å². The van der Waals surface area contributed by atoms with Crippen LogP contribution >= 0.6 is 11.6 Å². The first-order chi connectivity index (χ1) is 8.57. The number of halogens is 1. The Morgan fingerprint density at radius 3 is 2.67 bits per heavy atom. The standard InChI is InChI=1S/C13H21ClN4/c1-4-15-12-16-7-10(14)11(18-12)17-8-13(5-6-13)9(2)3/h7,9H,4-6,8H2,1-3H3,(H2,15,16,17,18). The first kappa shape index (κ1) is 13.4. The maximum absolute atomic E-state index is 6.11. The number of anilines is 2. The lowest BCUT2D eigenvalue weighted by atomic mass is 9.92. The van der Waals surface area contributed by atoms with Gasteiger partial charge in [0.25, 0.3) is 0 Å². The molecule has 1 fully saturated rings. The summed E-state index contributed by atoms with van der Waals surface area (Å²) in [4.78, 5) is 8.52. The first-order valence-electron chi connectivity index (χ1n) is 6.57. The van der Waals surface area contributed by atoms with E-state index in [1.807, 2.05) is 6.92 Å². The van der Waals surface area contributed by atoms with Crippen LogP contribution in [0, 0.1) is 11.3 Å². The third kappa shape index (κ3) is 2.86. The Morgan fingerprint density at radius 2 is 2.11 bits per heavy atom. The van der Waals surface area contributed by atoms with E-state index >= 15 is 0 Å². The minimum atomic E-state index is 0.437. The Morgan fingerprint density at radius 1 is 1.39 bits per heavy atom. The van der Waals surface area contributed by atoms with Crippen LogP contribution in [-0.4, -0.2) is 23.1 Å². The summed E-state index contributed by atoms with van der Waals surface area (Å²) in [5.41, 5.74) is 0.437. The third-order valence-corrected chi connectivity index (χ3v) is 4.08. The van der Waals surface area contributed by atoms with Crippen molar-refractivity contribution in [1.82, 2.24) is 9.97 Å². The lowest BCUT2D eigenvalue weighted by Crippen LogP contribution is -2.21. The van der Waals surface area contributed by atoms with E-state index in [-0.39, 0.29) is 0 Å². The summed E-state index contributed by atoms with van der Waals surface area (Å²) >= 11 is 6.11. The van der Waals surface area contributed by atoms with Crippen molar-refractivity contribution in [2.24, 2.45) is 11.3 Å². The van der Waals surface area contributed by atoms with Crippen LogP contribution in [0.15, 0.2) is 6.20 Å². The van der Waals surface area contributed by atoms with Gasteiger partial charge in [-0.1, -0.05) is 25.4 Å². The van der Waals surface area contributed by atoms with Crippen LogP contribution in [0.4, 0.5) is 11.8 Å². The fraction of sp³-hybridized carbons (Fsp3) is 0.692. The Bertz CT molecular complexity index is 415. The minimum Gasteiger partial charge on any atom is -0.368 e. The number of hydrogen-bond acceptors (Lipinski definition) is 4. The second-order valence-electron chi connectivity index (χ2n) is 5.29. The Hall–Kier alpha value is -1.03. The summed E-state index contributed by atoms with van der Waals surface area (Å²) in [5, 5.41) is 7.04. The molecule has 0 amide bonds. The predicted octanol–water partition coefficient (Wildman–Crippen LogP) is 3.41. The summed E-state index contributed by atoms with van der Waals surface area (Å²) in [6.45, 7) is 8.31. The van der Waals surface area contributed by atoms with Crippen molar-refractivity contribution >= 4 is 23.4 Å². The van der Waals surface area contributed by atoms with E-state index in [0.717, 1.165) is 18.9 Å². The van der Waals surface area contributed by atoms with Gasteiger partial charge < -0.3 is 10.6 Å². The molecular formula is C13H21ClN4. The van der Waals surface area contributed by atoms with Gasteiger partial charge >= 0.3 is 0 Å². The molecule has 18 heavy (non-hydrogen) atoms. The molecule has 4 nitrogen and oxygen atoms in total. The van der Waals surface area contributed by atoms with Crippen LogP contribution in [0.2, 0.25) is 5.02 Å². The van der Waals surface area contributed by atoms with E-state index in [1.165, 1.54) is 12.8 Å². The van der Waals surface area contributed by atoms with Crippen LogP contribution < -0.4 is 10.6 Å². The summed E-state index contributed by atoms with van der Waals surface area (Å²) in [7, 11) is 0. The van der Waals surface area contributed by atoms with E-state index in [2.05, 4.69) is 34.4 Å². The van der Waals surface area contributed by atoms with E-state index in [9.17, 15) is 0 Å². The van der Waals surface area contributed by atoms with Crippen molar-refractivity contribution in [3.8, 4) is 0 Å². The molecule has 0 spiro atoms. The molecule has 2 rings (SSSR count). The van der Waals surface area contributed by atoms with Crippen LogP contribution in [0.5, 0.6) is 0 Å². The Labute approximate surface area is 114 Å². The van der Waals surface area contributed by atoms with Crippen molar-refractivity contribution in [2.45, 2.75) is 33.6 Å². The highest BCUT2D eigenvalue weighted by atomic mass is 35.5. The van der Waals surface area contributed by atoms with Gasteiger partial charge in [0.15, 0.2) is 5.82 Å². The molecule has 2 N–H and O–H groups in total. The maximum Gasteiger partial charge on any atom is 0.224 e. The summed E-state index contributed by atoms with van der Waals surface area (Å²) in [6.07, 6.45) is 4.23. The molecule has 0 atom stereocenters. The van der Waals surface area contributed by atoms with Gasteiger partial charge in [-0.15, -0.1) is 0 Å². The zero-order valence-electron chi connectivity index (χ0n) is 11.3. The molecule has 0 aliphatic heterocycles. The fourth-order valence-corrected chi connectivity index (χ4v) is 2.27. The van der Waals surface area contributed by atoms with E-state index in [1.54, 1.807) is 6.20 Å². The highest BCUT2D eigenvalue weighted by molar-refractivity contribution is 6.32. The quantitative estimate of drug-likeness (QED) is 0.830. The second-order valence-corrected chi connectivity index (χ2v) is 5.70. The molecule has 1 heterocycles. The van der Waals surface area contributed by atoms with Crippen molar-refractivity contribution in [2.75, 3.05) is 23.7 Å². The third-order valence-electron chi connectivity index (χ3n) is 3.80. The van der Waals surface area contributed by atoms with E-state index < -0.39 is 0 Å². The second kappa shape index (κ2) is 5.31. The lowest BCUT2D eigenvalue weighted by molar-refractivity contribution is 0.380. The maximum atomic E-state index is 6.11. The van der Waals surface area contributed by atoms with Gasteiger partial charge in [0, 0.05) is 13.1 Å². The smallest absolute Gasteiger partial charge is 0.224 e. The first-order valence-corrected chi connectivity index (χ1v) is 6.95. The zero-order valence-corrected chi connectivity index (χ0v) is 12.0. The van der Waals surface area contributed by atoms with Gasteiger partial charge in [0.05, 0.1) is 6.20 Å². The molecule has 5 heteroatoms. The van der Waals surface area contributed by atoms with Gasteiger partial charge in [0.1, 0.15) is 5.02 Å². The SMILES string of the molecule is CCNc1ncc(Cl)c(NCC2(C(C)C)CC2)n1. The van der Waals surface area contributed by atoms with Crippen molar-refractivity contribution in [3.05, 3.63) is 11.2 Å². The zero-order chi connectivity index (χ0) is 13.2. The molecule has 100 valence electrons. The molecule has 0 unspecified atom stereocenters. The summed E-state index contributed by atoms with van der Waals surface area (Å²) in [5.74, 6) is 2.05. The molecule has 1 aliphatic rings. The van der Waals surface area contributed by atoms with Gasteiger partial charge in [-0.2, -0.15) is 4.98 Å². The van der Waals surface area contributed by atoms with Crippen LogP contribution in [-0.2, 0) is 0 Å². The molecule has 0 bridgehead atoms. The highest BCUT2D eigenvalue weighted by Gasteiger charge is 2.45. The lowest BCUT2D eigenvalue weighted by Gasteiger charge is -2.20. The number of aromatic nitrogens is 2. The molecule has 1 saturated carbocycles. The number of hydrogen-bond donors (Lipinski definition) is 2. The topological polar surface area (TPSA) is 49.8 Å². The largest absolute Gasteiger partial charge is 0.368 e. The highest BCUT2D eigenvalue weighted by Crippen LogP contribution is 2.51. The van der Waals surface area contributed by atoms with Crippen LogP contribution in [0.3, 0.4) is 0 Å². The van der Waals surface area contributed by atoms with Crippen LogP contribution in [0.25, 0.3) is 0 Å². The van der Waals surface area contributed by atoms with Crippen molar-refractivity contribution in [1.29, 1.82) is 0 Å². The molecule has 0 saturated heterocycles. The number of nitrogens with one attached hydrogen (secondary N) is 2. The number of rotatable bonds is 6. The van der Waals surface area contributed by atoms with Crippen LogP contribution in [0.1, 0.15) is 33.6 Å². The van der Waals surface area contributed by atoms with Gasteiger partial charge in [0.2, 0.25) is 5.95 Å². The van der Waals surface area contributed by atoms with E-state index in [0.29, 0.717) is 22.3 Å². The Balaban J connectivity index is 2.02. The molecule has 1 aliphatic carbocycles. The molecule has 1 aromatic heterocycles. The van der Waals surface area contributed by atoms with E-state index in [4.69, 9.17) is 11.6 Å². The summed E-state index contributed by atoms with van der Waals surface area (Å²) in [6, 6.07) is 0. The molecule has 0 radical (unpaired) electrons. The van der Waals surface area contributed by atoms with Gasteiger partial charge in [-0.05, 0) is 31.1 Å². The Kier molecular flexibility index (Phi) is 3.95. The van der Waals surface area contributed by atoms with Gasteiger partial charge in [-0.25, -0.2) is 4.98 Å². The normalized spacial score (nSPS) is 16.7. The minimum absolute atomic E-state index is 0.437. The molecule has 1 aromatic rings. The molecular weight excluding hydrogens is 248 g/mol. The molecule has 0 aromatic carbocycles. The average molecular weight is 269 g/mol. The number of nitrogens with zero attached hydrogens (tertiary/aromatic N) is 2. The van der Waals surface area contributed by atoms with Crippen molar-refractivity contribution in [3.63, 3.8) is 0 Å². The monoisotopic (exact) mass is 268 g/mol. The summed E-state index contributed by atoms with van der Waals surface area (Å²) < 4.78 is 0. The average Bonchev–Trinajstić information content (AvgIpc) is 3.11. The van der Waals surface area contributed by atoms with Gasteiger partial charge in [-0.3, -0.25) is 0 Å². The predicted molar refractivity (Wildman–Crippen MR) is 76.2 cm³/mol. The fourth-order valence-electron chi connectivity index (χ4n) is 2.11.